The molecule has 0 spiro atoms. The van der Waals surface area contributed by atoms with Gasteiger partial charge in [-0.1, -0.05) is 11.8 Å². The molecule has 2 rings (SSSR count). The van der Waals surface area contributed by atoms with Crippen LogP contribution in [-0.4, -0.2) is 35.6 Å². The van der Waals surface area contributed by atoms with E-state index in [9.17, 15) is 4.79 Å². The predicted molar refractivity (Wildman–Crippen MR) is 65.5 cm³/mol. The second-order valence-corrected chi connectivity index (χ2v) is 5.01. The number of carbonyl (C=O) groups is 1. The van der Waals surface area contributed by atoms with E-state index in [1.807, 2.05) is 34.9 Å². The quantitative estimate of drug-likeness (QED) is 0.511. The number of nitrogens with zero attached hydrogens (tertiary/aromatic N) is 6. The molecule has 0 aromatic carbocycles. The summed E-state index contributed by atoms with van der Waals surface area (Å²) in [5.74, 6) is 0.698. The lowest BCUT2D eigenvalue weighted by atomic mass is 10.5. The summed E-state index contributed by atoms with van der Waals surface area (Å²) in [4.78, 5) is 11.6. The average Bonchev–Trinajstić information content (AvgIpc) is 2.98. The number of hydrogen-bond donors (Lipinski definition) is 0. The molecular weight excluding hydrogens is 332 g/mol. The first-order valence-electron chi connectivity index (χ1n) is 5.61. The minimum Gasteiger partial charge on any atom is -1.00 e. The zero-order valence-electron chi connectivity index (χ0n) is 10.5. The van der Waals surface area contributed by atoms with Crippen LogP contribution in [-0.2, 0) is 24.9 Å². The summed E-state index contributed by atoms with van der Waals surface area (Å²) in [5.41, 5.74) is 0. The molecule has 0 bridgehead atoms. The van der Waals surface area contributed by atoms with Crippen molar-refractivity contribution in [2.24, 2.45) is 7.05 Å². The number of rotatable bonds is 6. The number of hydrogen-bond acceptors (Lipinski definition) is 5. The topological polar surface area (TPSA) is 69.5 Å². The standard InChI is InChI=1S/C10H15N6OS.BrH/c1-14-4-5-15(9-14)3-2-10(17)18-7-6-16-8-11-12-13-16;/h4-5,8-9H,2-3,6-7H2,1H3;1H/q+1;/p-1. The van der Waals surface area contributed by atoms with E-state index in [4.69, 9.17) is 0 Å². The van der Waals surface area contributed by atoms with Crippen molar-refractivity contribution in [3.63, 3.8) is 0 Å². The van der Waals surface area contributed by atoms with Crippen molar-refractivity contribution in [2.45, 2.75) is 19.5 Å². The highest BCUT2D eigenvalue weighted by molar-refractivity contribution is 8.13. The predicted octanol–water partition coefficient (Wildman–Crippen LogP) is -3.35. The summed E-state index contributed by atoms with van der Waals surface area (Å²) < 4.78 is 5.57. The summed E-state index contributed by atoms with van der Waals surface area (Å²) in [7, 11) is 1.96. The van der Waals surface area contributed by atoms with Crippen molar-refractivity contribution in [3.05, 3.63) is 25.0 Å². The van der Waals surface area contributed by atoms with Crippen LogP contribution in [0.4, 0.5) is 0 Å². The molecule has 0 aliphatic rings. The van der Waals surface area contributed by atoms with Crippen LogP contribution in [0.15, 0.2) is 25.0 Å². The average molecular weight is 347 g/mol. The highest BCUT2D eigenvalue weighted by atomic mass is 79.9. The SMILES string of the molecule is C[n+]1ccn(CCC(=O)SCCn2cnnn2)c1.[Br-]. The zero-order chi connectivity index (χ0) is 12.8. The van der Waals surface area contributed by atoms with E-state index in [2.05, 4.69) is 15.5 Å². The Hall–Kier alpha value is -1.22. The lowest BCUT2D eigenvalue weighted by Crippen LogP contribution is -3.00. The van der Waals surface area contributed by atoms with Gasteiger partial charge in [0.05, 0.1) is 26.6 Å². The van der Waals surface area contributed by atoms with Crippen LogP contribution in [0, 0.1) is 0 Å². The van der Waals surface area contributed by atoms with E-state index < -0.39 is 0 Å². The molecule has 0 amide bonds. The maximum atomic E-state index is 11.6. The molecule has 0 aliphatic carbocycles. The van der Waals surface area contributed by atoms with E-state index in [1.54, 1.807) is 11.0 Å². The molecule has 2 aromatic rings. The van der Waals surface area contributed by atoms with Crippen molar-refractivity contribution in [2.75, 3.05) is 5.75 Å². The summed E-state index contributed by atoms with van der Waals surface area (Å²) >= 11 is 1.33. The second-order valence-electron chi connectivity index (χ2n) is 3.86. The van der Waals surface area contributed by atoms with Gasteiger partial charge in [-0.3, -0.25) is 4.79 Å². The van der Waals surface area contributed by atoms with Gasteiger partial charge in [0.2, 0.25) is 6.33 Å². The van der Waals surface area contributed by atoms with Crippen LogP contribution in [0.5, 0.6) is 0 Å². The Bertz CT molecular complexity index is 500. The molecule has 0 saturated carbocycles. The van der Waals surface area contributed by atoms with E-state index >= 15 is 0 Å². The normalized spacial score (nSPS) is 10.2. The van der Waals surface area contributed by atoms with E-state index in [0.29, 0.717) is 18.7 Å². The molecule has 0 unspecified atom stereocenters. The van der Waals surface area contributed by atoms with Gasteiger partial charge in [0.15, 0.2) is 5.12 Å². The van der Waals surface area contributed by atoms with Gasteiger partial charge in [-0.25, -0.2) is 13.8 Å². The third kappa shape index (κ3) is 5.52. The fourth-order valence-corrected chi connectivity index (χ4v) is 2.20. The van der Waals surface area contributed by atoms with Crippen LogP contribution >= 0.6 is 11.8 Å². The van der Waals surface area contributed by atoms with Crippen LogP contribution in [0.25, 0.3) is 0 Å². The second kappa shape index (κ2) is 8.05. The number of imidazole rings is 1. The van der Waals surface area contributed by atoms with Crippen LogP contribution < -0.4 is 21.5 Å². The van der Waals surface area contributed by atoms with Gasteiger partial charge in [0.1, 0.15) is 18.7 Å². The lowest BCUT2D eigenvalue weighted by molar-refractivity contribution is -0.671. The summed E-state index contributed by atoms with van der Waals surface area (Å²) in [5, 5.41) is 11.0. The minimum absolute atomic E-state index is 0. The van der Waals surface area contributed by atoms with Crippen molar-refractivity contribution in [1.29, 1.82) is 0 Å². The van der Waals surface area contributed by atoms with Crippen molar-refractivity contribution < 1.29 is 26.3 Å². The molecule has 0 aliphatic heterocycles. The van der Waals surface area contributed by atoms with Gasteiger partial charge in [0, 0.05) is 5.75 Å². The van der Waals surface area contributed by atoms with Gasteiger partial charge in [-0.05, 0) is 10.4 Å². The molecular formula is C10H15BrN6OS. The van der Waals surface area contributed by atoms with Gasteiger partial charge in [-0.2, -0.15) is 0 Å². The summed E-state index contributed by atoms with van der Waals surface area (Å²) in [6.45, 7) is 1.37. The first kappa shape index (κ1) is 15.8. The maximum absolute atomic E-state index is 11.6. The lowest BCUT2D eigenvalue weighted by Gasteiger charge is -1.99. The molecule has 0 radical (unpaired) electrons. The summed E-state index contributed by atoms with van der Waals surface area (Å²) in [6.07, 6.45) is 7.95. The third-order valence-corrected chi connectivity index (χ3v) is 3.29. The molecule has 9 heteroatoms. The number of tetrazole rings is 1. The molecule has 7 nitrogen and oxygen atoms in total. The Morgan fingerprint density at radius 2 is 2.26 bits per heavy atom. The Kier molecular flexibility index (Phi) is 6.71. The van der Waals surface area contributed by atoms with E-state index in [0.717, 1.165) is 6.54 Å². The van der Waals surface area contributed by atoms with E-state index in [-0.39, 0.29) is 22.1 Å². The minimum atomic E-state index is 0. The Morgan fingerprint density at radius 1 is 1.42 bits per heavy atom. The Labute approximate surface area is 125 Å². The van der Waals surface area contributed by atoms with Crippen molar-refractivity contribution in [3.8, 4) is 0 Å². The van der Waals surface area contributed by atoms with Crippen LogP contribution in [0.2, 0.25) is 0 Å². The first-order valence-corrected chi connectivity index (χ1v) is 6.60. The van der Waals surface area contributed by atoms with Crippen LogP contribution in [0.1, 0.15) is 6.42 Å². The number of carbonyl (C=O) groups excluding carboxylic acids is 1. The number of thioether (sulfide) groups is 1. The highest BCUT2D eigenvalue weighted by Gasteiger charge is 2.06. The van der Waals surface area contributed by atoms with Gasteiger partial charge in [0.25, 0.3) is 0 Å². The first-order chi connectivity index (χ1) is 8.74. The van der Waals surface area contributed by atoms with Gasteiger partial charge >= 0.3 is 0 Å². The zero-order valence-corrected chi connectivity index (χ0v) is 12.9. The number of aryl methyl sites for hydroxylation is 3. The fraction of sp³-hybridized carbons (Fsp3) is 0.500. The number of halogens is 1. The molecule has 0 atom stereocenters. The highest BCUT2D eigenvalue weighted by Crippen LogP contribution is 2.07. The molecule has 0 N–H and O–H groups in total. The molecule has 0 fully saturated rings. The van der Waals surface area contributed by atoms with Crippen molar-refractivity contribution >= 4 is 16.9 Å². The van der Waals surface area contributed by atoms with Gasteiger partial charge in [-0.15, -0.1) is 5.10 Å². The largest absolute Gasteiger partial charge is 1.00 e. The maximum Gasteiger partial charge on any atom is 0.243 e. The van der Waals surface area contributed by atoms with Gasteiger partial charge < -0.3 is 17.0 Å². The van der Waals surface area contributed by atoms with E-state index in [1.165, 1.54) is 11.8 Å². The molecule has 104 valence electrons. The smallest absolute Gasteiger partial charge is 0.243 e. The van der Waals surface area contributed by atoms with Crippen molar-refractivity contribution in [1.82, 2.24) is 24.8 Å². The molecule has 19 heavy (non-hydrogen) atoms. The fourth-order valence-electron chi connectivity index (χ4n) is 1.46. The Balaban J connectivity index is 0.00000180. The molecule has 2 aromatic heterocycles. The third-order valence-electron chi connectivity index (χ3n) is 2.37. The Morgan fingerprint density at radius 3 is 2.89 bits per heavy atom. The number of aromatic nitrogens is 6. The summed E-state index contributed by atoms with van der Waals surface area (Å²) in [6, 6.07) is 0. The molecule has 0 saturated heterocycles. The van der Waals surface area contributed by atoms with Crippen LogP contribution in [0.3, 0.4) is 0 Å². The monoisotopic (exact) mass is 346 g/mol. The molecule has 2 heterocycles.